The van der Waals surface area contributed by atoms with Crippen molar-refractivity contribution < 1.29 is 24.0 Å². The summed E-state index contributed by atoms with van der Waals surface area (Å²) in [6.07, 6.45) is 2.22. The summed E-state index contributed by atoms with van der Waals surface area (Å²) >= 11 is 0. The van der Waals surface area contributed by atoms with E-state index in [1.54, 1.807) is 0 Å². The maximum Gasteiger partial charge on any atom is 0.339 e. The van der Waals surface area contributed by atoms with Gasteiger partial charge in [0, 0.05) is 6.20 Å². The van der Waals surface area contributed by atoms with Crippen LogP contribution >= 0.6 is 0 Å². The largest absolute Gasteiger partial charge is 0.480 e. The minimum absolute atomic E-state index is 0.0520. The third-order valence-electron chi connectivity index (χ3n) is 2.51. The van der Waals surface area contributed by atoms with Gasteiger partial charge in [-0.2, -0.15) is 0 Å². The molecule has 0 bridgehead atoms. The molecule has 0 atom stereocenters. The number of carbonyl (C=O) groups is 1. The lowest BCUT2D eigenvalue weighted by atomic mass is 10.2. The molecular weight excluding hydrogens is 285 g/mol. The smallest absolute Gasteiger partial charge is 0.339 e. The Labute approximate surface area is 117 Å². The number of nitro benzene ring substituents is 1. The highest BCUT2D eigenvalue weighted by Gasteiger charge is 2.18. The lowest BCUT2D eigenvalue weighted by Gasteiger charge is -2.07. The predicted molar refractivity (Wildman–Crippen MR) is 66.4 cm³/mol. The zero-order valence-electron chi connectivity index (χ0n) is 10.4. The van der Waals surface area contributed by atoms with Gasteiger partial charge in [-0.3, -0.25) is 10.1 Å². The number of aromatic carboxylic acids is 1. The van der Waals surface area contributed by atoms with Crippen LogP contribution in [-0.4, -0.2) is 26.0 Å². The van der Waals surface area contributed by atoms with Crippen LogP contribution < -0.4 is 4.74 Å². The van der Waals surface area contributed by atoms with Gasteiger partial charge in [-0.25, -0.2) is 19.2 Å². The van der Waals surface area contributed by atoms with Crippen LogP contribution in [0.4, 0.5) is 10.1 Å². The number of aromatic nitrogens is 2. The van der Waals surface area contributed by atoms with Crippen LogP contribution in [0.3, 0.4) is 0 Å². The van der Waals surface area contributed by atoms with E-state index in [0.29, 0.717) is 6.07 Å². The standard InChI is InChI=1S/C12H8FN3O5/c13-7-1-2-11(10(3-7)16(19)20)21-5-9-8(12(17)18)4-14-6-15-9/h1-4,6H,5H2,(H,17,18). The lowest BCUT2D eigenvalue weighted by Crippen LogP contribution is -2.09. The van der Waals surface area contributed by atoms with Crippen LogP contribution in [0, 0.1) is 15.9 Å². The van der Waals surface area contributed by atoms with E-state index in [9.17, 15) is 19.3 Å². The van der Waals surface area contributed by atoms with Crippen LogP contribution in [0.1, 0.15) is 16.1 Å². The molecule has 0 amide bonds. The second-order valence-corrected chi connectivity index (χ2v) is 3.85. The van der Waals surface area contributed by atoms with Gasteiger partial charge < -0.3 is 9.84 Å². The van der Waals surface area contributed by atoms with E-state index in [0.717, 1.165) is 24.7 Å². The Morgan fingerprint density at radius 1 is 1.48 bits per heavy atom. The molecule has 0 radical (unpaired) electrons. The van der Waals surface area contributed by atoms with Crippen molar-refractivity contribution in [2.75, 3.05) is 0 Å². The Balaban J connectivity index is 2.25. The molecule has 0 aliphatic carbocycles. The molecule has 1 heterocycles. The zero-order valence-corrected chi connectivity index (χ0v) is 10.4. The Morgan fingerprint density at radius 3 is 2.90 bits per heavy atom. The van der Waals surface area contributed by atoms with Crippen LogP contribution in [0.25, 0.3) is 0 Å². The molecule has 0 aliphatic rings. The van der Waals surface area contributed by atoms with Crippen LogP contribution in [0.2, 0.25) is 0 Å². The minimum atomic E-state index is -1.25. The van der Waals surface area contributed by atoms with E-state index in [4.69, 9.17) is 9.84 Å². The highest BCUT2D eigenvalue weighted by Crippen LogP contribution is 2.28. The molecule has 108 valence electrons. The monoisotopic (exact) mass is 293 g/mol. The van der Waals surface area contributed by atoms with E-state index >= 15 is 0 Å². The molecule has 2 aromatic rings. The fourth-order valence-corrected chi connectivity index (χ4v) is 1.55. The molecule has 0 aliphatic heterocycles. The molecule has 1 N–H and O–H groups in total. The average molecular weight is 293 g/mol. The normalized spacial score (nSPS) is 10.1. The predicted octanol–water partition coefficient (Wildman–Crippen LogP) is 1.80. The molecule has 0 unspecified atom stereocenters. The number of ether oxygens (including phenoxy) is 1. The van der Waals surface area contributed by atoms with E-state index in [-0.39, 0.29) is 23.6 Å². The first-order valence-corrected chi connectivity index (χ1v) is 5.58. The topological polar surface area (TPSA) is 115 Å². The third kappa shape index (κ3) is 3.26. The van der Waals surface area contributed by atoms with Gasteiger partial charge >= 0.3 is 11.7 Å². The first-order chi connectivity index (χ1) is 9.99. The van der Waals surface area contributed by atoms with Crippen molar-refractivity contribution in [3.8, 4) is 5.75 Å². The fourth-order valence-electron chi connectivity index (χ4n) is 1.55. The highest BCUT2D eigenvalue weighted by molar-refractivity contribution is 5.88. The summed E-state index contributed by atoms with van der Waals surface area (Å²) in [5.74, 6) is -2.21. The summed E-state index contributed by atoms with van der Waals surface area (Å²) in [6.45, 7) is -0.323. The van der Waals surface area contributed by atoms with Gasteiger partial charge in [-0.05, 0) is 12.1 Å². The van der Waals surface area contributed by atoms with Crippen LogP contribution in [0.15, 0.2) is 30.7 Å². The molecule has 9 heteroatoms. The van der Waals surface area contributed by atoms with Gasteiger partial charge in [0.05, 0.1) is 16.7 Å². The molecule has 1 aromatic carbocycles. The number of hydrogen-bond donors (Lipinski definition) is 1. The SMILES string of the molecule is O=C(O)c1cncnc1COc1ccc(F)cc1[N+](=O)[O-]. The number of hydrogen-bond acceptors (Lipinski definition) is 6. The molecule has 1 aromatic heterocycles. The van der Waals surface area contributed by atoms with E-state index in [1.807, 2.05) is 0 Å². The summed E-state index contributed by atoms with van der Waals surface area (Å²) in [5, 5.41) is 19.7. The van der Waals surface area contributed by atoms with Gasteiger partial charge in [0.1, 0.15) is 24.3 Å². The maximum absolute atomic E-state index is 13.0. The van der Waals surface area contributed by atoms with Crippen LogP contribution in [-0.2, 0) is 6.61 Å². The van der Waals surface area contributed by atoms with Crippen LogP contribution in [0.5, 0.6) is 5.75 Å². The van der Waals surface area contributed by atoms with Crippen molar-refractivity contribution in [2.45, 2.75) is 6.61 Å². The lowest BCUT2D eigenvalue weighted by molar-refractivity contribution is -0.386. The summed E-state index contributed by atoms with van der Waals surface area (Å²) in [6, 6.07) is 2.81. The average Bonchev–Trinajstić information content (AvgIpc) is 2.46. The summed E-state index contributed by atoms with van der Waals surface area (Å²) < 4.78 is 18.2. The van der Waals surface area contributed by atoms with Gasteiger partial charge in [0.25, 0.3) is 0 Å². The van der Waals surface area contributed by atoms with Gasteiger partial charge in [0.2, 0.25) is 0 Å². The van der Waals surface area contributed by atoms with E-state index in [2.05, 4.69) is 9.97 Å². The number of rotatable bonds is 5. The van der Waals surface area contributed by atoms with Crippen molar-refractivity contribution >= 4 is 11.7 Å². The first kappa shape index (κ1) is 14.3. The number of benzene rings is 1. The van der Waals surface area contributed by atoms with E-state index < -0.39 is 22.4 Å². The Kier molecular flexibility index (Phi) is 4.02. The number of carboxylic acid groups (broad SMARTS) is 1. The molecule has 0 spiro atoms. The molecule has 0 saturated heterocycles. The molecule has 21 heavy (non-hydrogen) atoms. The highest BCUT2D eigenvalue weighted by atomic mass is 19.1. The maximum atomic E-state index is 13.0. The molecule has 0 saturated carbocycles. The second-order valence-electron chi connectivity index (χ2n) is 3.85. The van der Waals surface area contributed by atoms with Gasteiger partial charge in [0.15, 0.2) is 5.75 Å². The molecule has 2 rings (SSSR count). The van der Waals surface area contributed by atoms with Crippen molar-refractivity contribution in [1.82, 2.24) is 9.97 Å². The molecule has 0 fully saturated rings. The van der Waals surface area contributed by atoms with Gasteiger partial charge in [-0.15, -0.1) is 0 Å². The zero-order chi connectivity index (χ0) is 15.4. The number of halogens is 1. The Hall–Kier alpha value is -3.10. The quantitative estimate of drug-likeness (QED) is 0.660. The Morgan fingerprint density at radius 2 is 2.24 bits per heavy atom. The van der Waals surface area contributed by atoms with Crippen molar-refractivity contribution in [2.24, 2.45) is 0 Å². The van der Waals surface area contributed by atoms with Crippen molar-refractivity contribution in [3.63, 3.8) is 0 Å². The van der Waals surface area contributed by atoms with Gasteiger partial charge in [-0.1, -0.05) is 0 Å². The number of nitro groups is 1. The number of nitrogens with zero attached hydrogens (tertiary/aromatic N) is 3. The van der Waals surface area contributed by atoms with Crippen molar-refractivity contribution in [3.05, 3.63) is 57.9 Å². The molecular formula is C12H8FN3O5. The fraction of sp³-hybridized carbons (Fsp3) is 0.0833. The minimum Gasteiger partial charge on any atom is -0.480 e. The second kappa shape index (κ2) is 5.90. The summed E-state index contributed by atoms with van der Waals surface area (Å²) in [4.78, 5) is 28.3. The summed E-state index contributed by atoms with van der Waals surface area (Å²) in [7, 11) is 0. The third-order valence-corrected chi connectivity index (χ3v) is 2.51. The van der Waals surface area contributed by atoms with E-state index in [1.165, 1.54) is 0 Å². The summed E-state index contributed by atoms with van der Waals surface area (Å²) in [5.41, 5.74) is -0.681. The first-order valence-electron chi connectivity index (χ1n) is 5.58. The number of carboxylic acids is 1. The molecule has 8 nitrogen and oxygen atoms in total. The Bertz CT molecular complexity index is 707. The van der Waals surface area contributed by atoms with Crippen molar-refractivity contribution in [1.29, 1.82) is 0 Å².